The normalized spacial score (nSPS) is 11.4. The van der Waals surface area contributed by atoms with Gasteiger partial charge in [0.05, 0.1) is 16.3 Å². The van der Waals surface area contributed by atoms with Gasteiger partial charge in [0.25, 0.3) is 0 Å². The summed E-state index contributed by atoms with van der Waals surface area (Å²) in [5.74, 6) is -0.233. The third-order valence-corrected chi connectivity index (χ3v) is 6.85. The average Bonchev–Trinajstić information content (AvgIpc) is 3.03. The van der Waals surface area contributed by atoms with E-state index in [1.165, 1.54) is 35.0 Å². The van der Waals surface area contributed by atoms with Gasteiger partial charge in [-0.2, -0.15) is 10.4 Å². The predicted octanol–water partition coefficient (Wildman–Crippen LogP) is 3.45. The fourth-order valence-electron chi connectivity index (χ4n) is 2.88. The smallest absolute Gasteiger partial charge is 0.240 e. The van der Waals surface area contributed by atoms with Crippen molar-refractivity contribution in [1.82, 2.24) is 14.5 Å². The fraction of sp³-hybridized carbons (Fsp3) is 0.200. The van der Waals surface area contributed by atoms with Gasteiger partial charge in [0.2, 0.25) is 10.0 Å². The van der Waals surface area contributed by atoms with E-state index in [2.05, 4.69) is 25.8 Å². The van der Waals surface area contributed by atoms with Crippen molar-refractivity contribution in [3.63, 3.8) is 0 Å². The van der Waals surface area contributed by atoms with Crippen LogP contribution in [0.15, 0.2) is 51.8 Å². The lowest BCUT2D eigenvalue weighted by Gasteiger charge is -2.08. The van der Waals surface area contributed by atoms with Crippen molar-refractivity contribution < 1.29 is 12.8 Å². The van der Waals surface area contributed by atoms with Crippen LogP contribution in [0, 0.1) is 24.1 Å². The molecule has 0 spiro atoms. The van der Waals surface area contributed by atoms with E-state index in [0.29, 0.717) is 24.2 Å². The molecule has 30 heavy (non-hydrogen) atoms. The van der Waals surface area contributed by atoms with Crippen molar-refractivity contribution in [2.45, 2.75) is 24.7 Å². The third kappa shape index (κ3) is 4.70. The summed E-state index contributed by atoms with van der Waals surface area (Å²) in [5.41, 5.74) is 8.06. The minimum absolute atomic E-state index is 0.157. The number of benzene rings is 2. The summed E-state index contributed by atoms with van der Waals surface area (Å²) in [6.45, 7) is 1.99. The zero-order valence-corrected chi connectivity index (χ0v) is 18.5. The molecule has 1 heterocycles. The molecule has 3 aromatic rings. The number of aryl methyl sites for hydroxylation is 2. The number of nitriles is 1. The zero-order valence-electron chi connectivity index (χ0n) is 16.1. The molecule has 0 amide bonds. The zero-order chi connectivity index (χ0) is 21.9. The summed E-state index contributed by atoms with van der Waals surface area (Å²) in [4.78, 5) is 0.186. The van der Waals surface area contributed by atoms with Gasteiger partial charge in [-0.05, 0) is 67.8 Å². The summed E-state index contributed by atoms with van der Waals surface area (Å²) in [5, 5.41) is 13.8. The van der Waals surface area contributed by atoms with Gasteiger partial charge in [-0.25, -0.2) is 22.2 Å². The molecule has 0 aliphatic heterocycles. The topological polar surface area (TPSA) is 114 Å². The van der Waals surface area contributed by atoms with Crippen molar-refractivity contribution in [3.05, 3.63) is 69.6 Å². The molecule has 2 aromatic carbocycles. The molecular formula is C20H19BrFN5O2S. The first-order chi connectivity index (χ1) is 14.2. The Kier molecular flexibility index (Phi) is 6.55. The van der Waals surface area contributed by atoms with Crippen LogP contribution in [0.1, 0.15) is 23.2 Å². The molecule has 10 heteroatoms. The lowest BCUT2D eigenvalue weighted by Crippen LogP contribution is -2.25. The summed E-state index contributed by atoms with van der Waals surface area (Å²) in [7, 11) is -3.64. The molecule has 0 radical (unpaired) electrons. The van der Waals surface area contributed by atoms with Crippen LogP contribution in [0.25, 0.3) is 5.69 Å². The van der Waals surface area contributed by atoms with Gasteiger partial charge >= 0.3 is 0 Å². The maximum absolute atomic E-state index is 13.1. The summed E-state index contributed by atoms with van der Waals surface area (Å²) in [6.07, 6.45) is 0.770. The monoisotopic (exact) mass is 491 g/mol. The first kappa shape index (κ1) is 22.0. The first-order valence-electron chi connectivity index (χ1n) is 9.02. The second-order valence-corrected chi connectivity index (χ2v) is 9.24. The highest BCUT2D eigenvalue weighted by Crippen LogP contribution is 2.22. The number of hydrogen-bond donors (Lipinski definition) is 2. The lowest BCUT2D eigenvalue weighted by atomic mass is 10.1. The van der Waals surface area contributed by atoms with E-state index in [1.54, 1.807) is 12.1 Å². The standard InChI is InChI=1S/C20H19BrFN5O2S/c1-13-11-16(8-9-18(13)21)30(28,29)25-10-2-3-19-17(12-23)20(24)27(26-19)15-6-4-14(22)5-7-15/h4-9,11,25H,2-3,10,24H2,1H3. The van der Waals surface area contributed by atoms with Gasteiger partial charge in [0.1, 0.15) is 23.3 Å². The second kappa shape index (κ2) is 8.95. The molecule has 0 fully saturated rings. The van der Waals surface area contributed by atoms with Crippen molar-refractivity contribution in [2.24, 2.45) is 0 Å². The van der Waals surface area contributed by atoms with Crippen LogP contribution in [0.3, 0.4) is 0 Å². The number of sulfonamides is 1. The minimum Gasteiger partial charge on any atom is -0.382 e. The quantitative estimate of drug-likeness (QED) is 0.491. The Balaban J connectivity index is 1.69. The number of nitrogens with zero attached hydrogens (tertiary/aromatic N) is 3. The minimum atomic E-state index is -3.64. The van der Waals surface area contributed by atoms with Crippen LogP contribution in [0.2, 0.25) is 0 Å². The molecule has 0 atom stereocenters. The Bertz CT molecular complexity index is 1220. The highest BCUT2D eigenvalue weighted by Gasteiger charge is 2.18. The van der Waals surface area contributed by atoms with Crippen molar-refractivity contribution in [1.29, 1.82) is 5.26 Å². The SMILES string of the molecule is Cc1cc(S(=O)(=O)NCCCc2nn(-c3ccc(F)cc3)c(N)c2C#N)ccc1Br. The van der Waals surface area contributed by atoms with Gasteiger partial charge in [-0.1, -0.05) is 15.9 Å². The fourth-order valence-corrected chi connectivity index (χ4v) is 4.29. The Labute approximate surface area is 182 Å². The van der Waals surface area contributed by atoms with E-state index in [4.69, 9.17) is 5.73 Å². The predicted molar refractivity (Wildman–Crippen MR) is 115 cm³/mol. The summed E-state index contributed by atoms with van der Waals surface area (Å²) >= 11 is 3.35. The molecule has 156 valence electrons. The van der Waals surface area contributed by atoms with Gasteiger partial charge in [-0.15, -0.1) is 0 Å². The van der Waals surface area contributed by atoms with Crippen molar-refractivity contribution in [2.75, 3.05) is 12.3 Å². The van der Waals surface area contributed by atoms with E-state index in [0.717, 1.165) is 10.0 Å². The average molecular weight is 492 g/mol. The second-order valence-electron chi connectivity index (χ2n) is 6.62. The van der Waals surface area contributed by atoms with Crippen LogP contribution in [-0.2, 0) is 16.4 Å². The number of rotatable bonds is 7. The van der Waals surface area contributed by atoms with Gasteiger partial charge in [0.15, 0.2) is 0 Å². The number of nitrogen functional groups attached to an aromatic ring is 1. The van der Waals surface area contributed by atoms with Gasteiger partial charge < -0.3 is 5.73 Å². The van der Waals surface area contributed by atoms with Crippen LogP contribution < -0.4 is 10.5 Å². The molecule has 0 aliphatic carbocycles. The molecule has 3 rings (SSSR count). The van der Waals surface area contributed by atoms with Gasteiger partial charge in [0, 0.05) is 11.0 Å². The third-order valence-electron chi connectivity index (χ3n) is 4.50. The van der Waals surface area contributed by atoms with E-state index >= 15 is 0 Å². The maximum atomic E-state index is 13.1. The number of nitrogens with two attached hydrogens (primary N) is 1. The molecule has 0 bridgehead atoms. The highest BCUT2D eigenvalue weighted by atomic mass is 79.9. The van der Waals surface area contributed by atoms with Crippen molar-refractivity contribution >= 4 is 31.8 Å². The number of nitrogens with one attached hydrogen (secondary N) is 1. The molecule has 0 unspecified atom stereocenters. The maximum Gasteiger partial charge on any atom is 0.240 e. The number of halogens is 2. The lowest BCUT2D eigenvalue weighted by molar-refractivity contribution is 0.578. The molecule has 3 N–H and O–H groups in total. The van der Waals surface area contributed by atoms with Crippen LogP contribution in [-0.4, -0.2) is 24.7 Å². The molecule has 7 nitrogen and oxygen atoms in total. The molecular weight excluding hydrogens is 473 g/mol. The largest absolute Gasteiger partial charge is 0.382 e. The molecule has 0 saturated heterocycles. The molecule has 1 aromatic heterocycles. The van der Waals surface area contributed by atoms with E-state index in [1.807, 2.05) is 13.0 Å². The Morgan fingerprint density at radius 1 is 1.27 bits per heavy atom. The Hall–Kier alpha value is -2.74. The number of hydrogen-bond acceptors (Lipinski definition) is 5. The first-order valence-corrected chi connectivity index (χ1v) is 11.3. The van der Waals surface area contributed by atoms with Crippen LogP contribution >= 0.6 is 15.9 Å². The van der Waals surface area contributed by atoms with Crippen molar-refractivity contribution in [3.8, 4) is 11.8 Å². The Morgan fingerprint density at radius 3 is 2.60 bits per heavy atom. The van der Waals surface area contributed by atoms with E-state index in [-0.39, 0.29) is 22.8 Å². The van der Waals surface area contributed by atoms with E-state index in [9.17, 15) is 18.1 Å². The van der Waals surface area contributed by atoms with Gasteiger partial charge in [-0.3, -0.25) is 0 Å². The summed E-state index contributed by atoms with van der Waals surface area (Å²) < 4.78 is 42.8. The Morgan fingerprint density at radius 2 is 1.97 bits per heavy atom. The number of anilines is 1. The van der Waals surface area contributed by atoms with Crippen LogP contribution in [0.5, 0.6) is 0 Å². The molecule has 0 aliphatic rings. The summed E-state index contributed by atoms with van der Waals surface area (Å²) in [6, 6.07) is 12.4. The highest BCUT2D eigenvalue weighted by molar-refractivity contribution is 9.10. The van der Waals surface area contributed by atoms with E-state index < -0.39 is 15.8 Å². The van der Waals surface area contributed by atoms with Crippen LogP contribution in [0.4, 0.5) is 10.2 Å². The number of aromatic nitrogens is 2. The molecule has 0 saturated carbocycles.